The Balaban J connectivity index is 1.89. The lowest BCUT2D eigenvalue weighted by molar-refractivity contribution is 0.516. The third kappa shape index (κ3) is 3.08. The van der Waals surface area contributed by atoms with Gasteiger partial charge in [0, 0.05) is 22.9 Å². The van der Waals surface area contributed by atoms with Crippen molar-refractivity contribution in [3.05, 3.63) is 47.0 Å². The molecule has 2 atom stereocenters. The summed E-state index contributed by atoms with van der Waals surface area (Å²) in [5, 5.41) is 6.34. The molecular weight excluding hydrogens is 284 g/mol. The molecular formula is C16H20N2S2. The highest BCUT2D eigenvalue weighted by atomic mass is 32.2. The molecule has 0 aliphatic heterocycles. The Kier molecular flexibility index (Phi) is 4.76. The fourth-order valence-electron chi connectivity index (χ4n) is 2.91. The van der Waals surface area contributed by atoms with Crippen LogP contribution in [0.1, 0.15) is 36.9 Å². The Morgan fingerprint density at radius 3 is 3.10 bits per heavy atom. The van der Waals surface area contributed by atoms with Crippen molar-refractivity contribution in [3.63, 3.8) is 0 Å². The molecule has 0 saturated carbocycles. The van der Waals surface area contributed by atoms with E-state index in [0.29, 0.717) is 11.3 Å². The molecule has 1 aliphatic carbocycles. The van der Waals surface area contributed by atoms with Crippen LogP contribution in [-0.2, 0) is 6.42 Å². The smallest absolute Gasteiger partial charge is 0.150 e. The van der Waals surface area contributed by atoms with Crippen LogP contribution in [0.2, 0.25) is 0 Å². The summed E-state index contributed by atoms with van der Waals surface area (Å²) < 4.78 is 1.19. The van der Waals surface area contributed by atoms with Gasteiger partial charge in [0.1, 0.15) is 4.34 Å². The van der Waals surface area contributed by atoms with E-state index in [0.717, 1.165) is 6.54 Å². The third-order valence-corrected chi connectivity index (χ3v) is 6.04. The van der Waals surface area contributed by atoms with Gasteiger partial charge < -0.3 is 5.32 Å². The number of nitrogens with zero attached hydrogens (tertiary/aromatic N) is 1. The number of nitrogens with one attached hydrogen (secondary N) is 1. The molecule has 0 fully saturated rings. The van der Waals surface area contributed by atoms with Crippen molar-refractivity contribution >= 4 is 23.1 Å². The van der Waals surface area contributed by atoms with Gasteiger partial charge in [-0.15, -0.1) is 11.3 Å². The molecule has 2 aromatic rings. The average molecular weight is 304 g/mol. The van der Waals surface area contributed by atoms with E-state index >= 15 is 0 Å². The number of rotatable bonds is 4. The number of hydrogen-bond donors (Lipinski definition) is 1. The minimum atomic E-state index is 0.438. The molecule has 20 heavy (non-hydrogen) atoms. The maximum Gasteiger partial charge on any atom is 0.150 e. The zero-order chi connectivity index (χ0) is 13.8. The molecule has 1 aromatic heterocycles. The van der Waals surface area contributed by atoms with Crippen LogP contribution in [0, 0.1) is 0 Å². The number of hydrogen-bond acceptors (Lipinski definition) is 4. The summed E-state index contributed by atoms with van der Waals surface area (Å²) in [5.74, 6) is 0. The SMILES string of the molecule is CCNC1c2ccccc2CCCC1Sc1nccs1. The van der Waals surface area contributed by atoms with Crippen LogP contribution in [-0.4, -0.2) is 16.8 Å². The second-order valence-corrected chi connectivity index (χ2v) is 7.46. The lowest BCUT2D eigenvalue weighted by Gasteiger charge is -2.26. The molecule has 2 unspecified atom stereocenters. The first-order chi connectivity index (χ1) is 9.88. The Labute approximate surface area is 129 Å². The topological polar surface area (TPSA) is 24.9 Å². The standard InChI is InChI=1S/C16H20N2S2/c1-2-17-15-13-8-4-3-6-12(13)7-5-9-14(15)20-16-18-10-11-19-16/h3-4,6,8,10-11,14-15,17H,2,5,7,9H2,1H3. The number of thiazole rings is 1. The van der Waals surface area contributed by atoms with Crippen LogP contribution in [0.3, 0.4) is 0 Å². The van der Waals surface area contributed by atoms with E-state index in [2.05, 4.69) is 46.9 Å². The summed E-state index contributed by atoms with van der Waals surface area (Å²) in [6, 6.07) is 9.35. The fourth-order valence-corrected chi connectivity index (χ4v) is 5.08. The number of aromatic nitrogens is 1. The summed E-state index contributed by atoms with van der Waals surface area (Å²) in [4.78, 5) is 4.45. The summed E-state index contributed by atoms with van der Waals surface area (Å²) in [6.07, 6.45) is 5.62. The normalized spacial score (nSPS) is 22.2. The Morgan fingerprint density at radius 2 is 2.30 bits per heavy atom. The largest absolute Gasteiger partial charge is 0.309 e. The van der Waals surface area contributed by atoms with Crippen molar-refractivity contribution < 1.29 is 0 Å². The van der Waals surface area contributed by atoms with E-state index in [1.165, 1.54) is 34.7 Å². The molecule has 0 bridgehead atoms. The molecule has 0 saturated heterocycles. The van der Waals surface area contributed by atoms with E-state index in [9.17, 15) is 0 Å². The molecule has 1 aromatic carbocycles. The van der Waals surface area contributed by atoms with E-state index in [1.807, 2.05) is 18.0 Å². The van der Waals surface area contributed by atoms with Gasteiger partial charge in [-0.3, -0.25) is 0 Å². The zero-order valence-corrected chi connectivity index (χ0v) is 13.3. The molecule has 0 radical (unpaired) electrons. The second-order valence-electron chi connectivity index (χ2n) is 5.08. The minimum Gasteiger partial charge on any atom is -0.309 e. The van der Waals surface area contributed by atoms with E-state index in [4.69, 9.17) is 0 Å². The van der Waals surface area contributed by atoms with Gasteiger partial charge >= 0.3 is 0 Å². The lowest BCUT2D eigenvalue weighted by atomic mass is 9.99. The maximum atomic E-state index is 4.45. The third-order valence-electron chi connectivity index (χ3n) is 3.78. The molecule has 4 heteroatoms. The first-order valence-corrected chi connectivity index (χ1v) is 9.01. The van der Waals surface area contributed by atoms with Gasteiger partial charge in [0.15, 0.2) is 0 Å². The van der Waals surface area contributed by atoms with Crippen LogP contribution in [0.5, 0.6) is 0 Å². The fraction of sp³-hybridized carbons (Fsp3) is 0.438. The molecule has 0 amide bonds. The van der Waals surface area contributed by atoms with Crippen LogP contribution in [0.25, 0.3) is 0 Å². The molecule has 1 aliphatic rings. The van der Waals surface area contributed by atoms with Gasteiger partial charge in [-0.1, -0.05) is 43.0 Å². The van der Waals surface area contributed by atoms with Gasteiger partial charge in [0.05, 0.1) is 0 Å². The maximum absolute atomic E-state index is 4.45. The number of aryl methyl sites for hydroxylation is 1. The predicted molar refractivity (Wildman–Crippen MR) is 87.6 cm³/mol. The van der Waals surface area contributed by atoms with Gasteiger partial charge in [-0.2, -0.15) is 0 Å². The second kappa shape index (κ2) is 6.74. The molecule has 106 valence electrons. The van der Waals surface area contributed by atoms with Crippen molar-refractivity contribution in [3.8, 4) is 0 Å². The Bertz CT molecular complexity index is 539. The highest BCUT2D eigenvalue weighted by Crippen LogP contribution is 2.39. The highest BCUT2D eigenvalue weighted by molar-refractivity contribution is 8.01. The van der Waals surface area contributed by atoms with Crippen LogP contribution >= 0.6 is 23.1 Å². The van der Waals surface area contributed by atoms with Gasteiger partial charge in [0.2, 0.25) is 0 Å². The molecule has 2 nitrogen and oxygen atoms in total. The van der Waals surface area contributed by atoms with Crippen molar-refractivity contribution in [1.29, 1.82) is 0 Å². The first kappa shape index (κ1) is 14.1. The van der Waals surface area contributed by atoms with E-state index in [1.54, 1.807) is 11.3 Å². The number of fused-ring (bicyclic) bond motifs is 1. The molecule has 1 heterocycles. The number of benzene rings is 1. The monoisotopic (exact) mass is 304 g/mol. The summed E-state index contributed by atoms with van der Waals surface area (Å²) >= 11 is 3.69. The quantitative estimate of drug-likeness (QED) is 0.853. The van der Waals surface area contributed by atoms with E-state index < -0.39 is 0 Å². The Hall–Kier alpha value is -0.840. The van der Waals surface area contributed by atoms with Crippen molar-refractivity contribution in [2.45, 2.75) is 41.8 Å². The average Bonchev–Trinajstić information content (AvgIpc) is 2.91. The van der Waals surface area contributed by atoms with Crippen LogP contribution < -0.4 is 5.32 Å². The molecule has 0 spiro atoms. The highest BCUT2D eigenvalue weighted by Gasteiger charge is 2.28. The van der Waals surface area contributed by atoms with Crippen LogP contribution in [0.15, 0.2) is 40.2 Å². The minimum absolute atomic E-state index is 0.438. The predicted octanol–water partition coefficient (Wildman–Crippen LogP) is 4.29. The van der Waals surface area contributed by atoms with E-state index in [-0.39, 0.29) is 0 Å². The van der Waals surface area contributed by atoms with Gasteiger partial charge in [0.25, 0.3) is 0 Å². The van der Waals surface area contributed by atoms with Crippen molar-refractivity contribution in [2.24, 2.45) is 0 Å². The summed E-state index contributed by atoms with van der Waals surface area (Å²) in [7, 11) is 0. The summed E-state index contributed by atoms with van der Waals surface area (Å²) in [6.45, 7) is 3.20. The zero-order valence-electron chi connectivity index (χ0n) is 11.7. The molecule has 1 N–H and O–H groups in total. The van der Waals surface area contributed by atoms with Crippen molar-refractivity contribution in [1.82, 2.24) is 10.3 Å². The van der Waals surface area contributed by atoms with Gasteiger partial charge in [-0.25, -0.2) is 4.98 Å². The molecule has 3 rings (SSSR count). The van der Waals surface area contributed by atoms with Crippen LogP contribution in [0.4, 0.5) is 0 Å². The Morgan fingerprint density at radius 1 is 1.40 bits per heavy atom. The van der Waals surface area contributed by atoms with Crippen molar-refractivity contribution in [2.75, 3.05) is 6.54 Å². The number of thioether (sulfide) groups is 1. The summed E-state index contributed by atoms with van der Waals surface area (Å²) in [5.41, 5.74) is 3.00. The lowest BCUT2D eigenvalue weighted by Crippen LogP contribution is -2.29. The van der Waals surface area contributed by atoms with Gasteiger partial charge in [-0.05, 0) is 36.9 Å². The first-order valence-electron chi connectivity index (χ1n) is 7.26.